The zero-order chi connectivity index (χ0) is 10.8. The van der Waals surface area contributed by atoms with Gasteiger partial charge in [0.15, 0.2) is 0 Å². The smallest absolute Gasteiger partial charge is 0.327 e. The van der Waals surface area contributed by atoms with Gasteiger partial charge in [0.1, 0.15) is 6.54 Å². The van der Waals surface area contributed by atoms with E-state index >= 15 is 0 Å². The van der Waals surface area contributed by atoms with Gasteiger partial charge in [0.2, 0.25) is 0 Å². The number of H-pyrrole nitrogens is 1. The van der Waals surface area contributed by atoms with Gasteiger partial charge < -0.3 is 4.74 Å². The van der Waals surface area contributed by atoms with E-state index in [4.69, 9.17) is 4.74 Å². The molecule has 1 aliphatic rings. The van der Waals surface area contributed by atoms with Gasteiger partial charge in [0, 0.05) is 17.7 Å². The highest BCUT2D eigenvalue weighted by Crippen LogP contribution is 2.38. The van der Waals surface area contributed by atoms with E-state index in [0.29, 0.717) is 12.5 Å². The van der Waals surface area contributed by atoms with E-state index < -0.39 is 0 Å². The van der Waals surface area contributed by atoms with Crippen LogP contribution in [0.5, 0.6) is 0 Å². The third-order valence-corrected chi connectivity index (χ3v) is 2.42. The Kier molecular flexibility index (Phi) is 2.62. The Hall–Kier alpha value is -1.52. The van der Waals surface area contributed by atoms with E-state index in [0.717, 1.165) is 18.5 Å². The first-order valence-electron chi connectivity index (χ1n) is 5.16. The van der Waals surface area contributed by atoms with Crippen LogP contribution in [-0.4, -0.2) is 22.4 Å². The van der Waals surface area contributed by atoms with Crippen molar-refractivity contribution in [1.29, 1.82) is 0 Å². The van der Waals surface area contributed by atoms with Gasteiger partial charge in [-0.2, -0.15) is 0 Å². The number of esters is 1. The summed E-state index contributed by atoms with van der Waals surface area (Å²) in [5, 5.41) is 2.94. The van der Waals surface area contributed by atoms with E-state index in [1.807, 2.05) is 0 Å². The Morgan fingerprint density at radius 3 is 3.00 bits per heavy atom. The fraction of sp³-hybridized carbons (Fsp3) is 0.600. The summed E-state index contributed by atoms with van der Waals surface area (Å²) in [7, 11) is 0. The van der Waals surface area contributed by atoms with E-state index in [9.17, 15) is 9.59 Å². The van der Waals surface area contributed by atoms with Crippen LogP contribution in [-0.2, 0) is 16.1 Å². The summed E-state index contributed by atoms with van der Waals surface area (Å²) < 4.78 is 6.06. The summed E-state index contributed by atoms with van der Waals surface area (Å²) in [4.78, 5) is 22.6. The zero-order valence-corrected chi connectivity index (χ0v) is 8.66. The maximum absolute atomic E-state index is 11.4. The molecule has 0 atom stereocenters. The average Bonchev–Trinajstić information content (AvgIpc) is 2.94. The second-order valence-corrected chi connectivity index (χ2v) is 3.72. The highest BCUT2D eigenvalue weighted by molar-refractivity contribution is 5.68. The summed E-state index contributed by atoms with van der Waals surface area (Å²) in [6, 6.07) is 1.57. The Balaban J connectivity index is 2.07. The molecule has 0 saturated heterocycles. The molecule has 15 heavy (non-hydrogen) atoms. The predicted octanol–water partition coefficient (Wildman–Crippen LogP) is 0.617. The van der Waals surface area contributed by atoms with Crippen molar-refractivity contribution in [3.8, 4) is 0 Å². The van der Waals surface area contributed by atoms with Crippen LogP contribution in [0.15, 0.2) is 10.9 Å². The molecular weight excluding hydrogens is 196 g/mol. The summed E-state index contributed by atoms with van der Waals surface area (Å²) >= 11 is 0. The number of nitrogens with one attached hydrogen (secondary N) is 1. The lowest BCUT2D eigenvalue weighted by molar-refractivity contribution is -0.144. The third-order valence-electron chi connectivity index (χ3n) is 2.42. The monoisotopic (exact) mass is 210 g/mol. The van der Waals surface area contributed by atoms with Crippen molar-refractivity contribution >= 4 is 5.97 Å². The fourth-order valence-electron chi connectivity index (χ4n) is 1.51. The molecule has 1 aromatic rings. The number of hydrogen-bond donors (Lipinski definition) is 1. The average molecular weight is 210 g/mol. The highest BCUT2D eigenvalue weighted by atomic mass is 16.5. The zero-order valence-electron chi connectivity index (χ0n) is 8.66. The predicted molar refractivity (Wildman–Crippen MR) is 53.7 cm³/mol. The number of aromatic nitrogens is 2. The SMILES string of the molecule is CCOC(=O)Cn1[nH]c(C2CC2)cc1=O. The highest BCUT2D eigenvalue weighted by Gasteiger charge is 2.26. The topological polar surface area (TPSA) is 64.1 Å². The van der Waals surface area contributed by atoms with Crippen LogP contribution in [0, 0.1) is 0 Å². The van der Waals surface area contributed by atoms with Gasteiger partial charge in [0.25, 0.3) is 5.56 Å². The number of carbonyl (C=O) groups excluding carboxylic acids is 1. The van der Waals surface area contributed by atoms with Crippen LogP contribution in [0.3, 0.4) is 0 Å². The van der Waals surface area contributed by atoms with Gasteiger partial charge >= 0.3 is 5.97 Å². The number of rotatable bonds is 4. The number of nitrogens with zero attached hydrogens (tertiary/aromatic N) is 1. The van der Waals surface area contributed by atoms with Gasteiger partial charge in [-0.15, -0.1) is 0 Å². The van der Waals surface area contributed by atoms with Crippen molar-refractivity contribution in [2.24, 2.45) is 0 Å². The van der Waals surface area contributed by atoms with Crippen molar-refractivity contribution < 1.29 is 9.53 Å². The summed E-state index contributed by atoms with van der Waals surface area (Å²) in [5.41, 5.74) is 0.772. The van der Waals surface area contributed by atoms with E-state index in [1.165, 1.54) is 4.68 Å². The van der Waals surface area contributed by atoms with Gasteiger partial charge in [-0.3, -0.25) is 14.7 Å². The number of hydrogen-bond acceptors (Lipinski definition) is 3. The van der Waals surface area contributed by atoms with Crippen LogP contribution < -0.4 is 5.56 Å². The van der Waals surface area contributed by atoms with Crippen molar-refractivity contribution in [2.45, 2.75) is 32.2 Å². The summed E-state index contributed by atoms with van der Waals surface area (Å²) in [5.74, 6) is 0.102. The molecule has 1 heterocycles. The van der Waals surface area contributed by atoms with E-state index in [-0.39, 0.29) is 18.1 Å². The largest absolute Gasteiger partial charge is 0.465 e. The normalized spacial score (nSPS) is 15.3. The standard InChI is InChI=1S/C10H14N2O3/c1-2-15-10(14)6-12-9(13)5-8(11-12)7-3-4-7/h5,7,11H,2-4,6H2,1H3. The number of carbonyl (C=O) groups is 1. The van der Waals surface area contributed by atoms with E-state index in [2.05, 4.69) is 5.10 Å². The molecular formula is C10H14N2O3. The molecule has 1 fully saturated rings. The number of ether oxygens (including phenoxy) is 1. The maximum atomic E-state index is 11.4. The molecule has 0 spiro atoms. The molecule has 2 rings (SSSR count). The Morgan fingerprint density at radius 1 is 1.67 bits per heavy atom. The van der Waals surface area contributed by atoms with E-state index in [1.54, 1.807) is 13.0 Å². The maximum Gasteiger partial charge on any atom is 0.327 e. The molecule has 0 bridgehead atoms. The molecule has 5 nitrogen and oxygen atoms in total. The molecule has 82 valence electrons. The quantitative estimate of drug-likeness (QED) is 0.741. The lowest BCUT2D eigenvalue weighted by Crippen LogP contribution is -2.22. The second kappa shape index (κ2) is 3.92. The molecule has 1 aromatic heterocycles. The molecule has 0 aliphatic heterocycles. The molecule has 5 heteroatoms. The lowest BCUT2D eigenvalue weighted by atomic mass is 10.3. The molecule has 1 aliphatic carbocycles. The van der Waals surface area contributed by atoms with Gasteiger partial charge in [0.05, 0.1) is 6.61 Å². The van der Waals surface area contributed by atoms with Gasteiger partial charge in [-0.1, -0.05) is 0 Å². The van der Waals surface area contributed by atoms with Crippen molar-refractivity contribution in [1.82, 2.24) is 9.78 Å². The van der Waals surface area contributed by atoms with Crippen LogP contribution in [0.1, 0.15) is 31.4 Å². The lowest BCUT2D eigenvalue weighted by Gasteiger charge is -2.01. The van der Waals surface area contributed by atoms with Gasteiger partial charge in [-0.05, 0) is 19.8 Å². The molecule has 0 amide bonds. The summed E-state index contributed by atoms with van der Waals surface area (Å²) in [6.45, 7) is 2.05. The first-order valence-corrected chi connectivity index (χ1v) is 5.16. The minimum absolute atomic E-state index is 0.0284. The molecule has 0 aromatic carbocycles. The Morgan fingerprint density at radius 2 is 2.40 bits per heavy atom. The van der Waals surface area contributed by atoms with Crippen LogP contribution in [0.4, 0.5) is 0 Å². The number of aromatic amines is 1. The van der Waals surface area contributed by atoms with Crippen LogP contribution >= 0.6 is 0 Å². The fourth-order valence-corrected chi connectivity index (χ4v) is 1.51. The molecule has 1 saturated carbocycles. The molecule has 0 unspecified atom stereocenters. The van der Waals surface area contributed by atoms with Crippen molar-refractivity contribution in [3.63, 3.8) is 0 Å². The van der Waals surface area contributed by atoms with Crippen LogP contribution in [0.2, 0.25) is 0 Å². The summed E-state index contributed by atoms with van der Waals surface area (Å²) in [6.07, 6.45) is 2.25. The molecule has 1 N–H and O–H groups in total. The first-order chi connectivity index (χ1) is 7.20. The Labute approximate surface area is 87.0 Å². The minimum Gasteiger partial charge on any atom is -0.465 e. The third kappa shape index (κ3) is 2.29. The molecule has 0 radical (unpaired) electrons. The Bertz CT molecular complexity index is 415. The van der Waals surface area contributed by atoms with Crippen molar-refractivity contribution in [2.75, 3.05) is 6.61 Å². The van der Waals surface area contributed by atoms with Crippen molar-refractivity contribution in [3.05, 3.63) is 22.1 Å². The first kappa shape index (κ1) is 10.0. The van der Waals surface area contributed by atoms with Gasteiger partial charge in [-0.25, -0.2) is 4.68 Å². The second-order valence-electron chi connectivity index (χ2n) is 3.72. The minimum atomic E-state index is -0.385. The van der Waals surface area contributed by atoms with Crippen LogP contribution in [0.25, 0.3) is 0 Å².